The summed E-state index contributed by atoms with van der Waals surface area (Å²) >= 11 is 0. The average molecular weight is 385 g/mol. The summed E-state index contributed by atoms with van der Waals surface area (Å²) in [6.45, 7) is 0. The van der Waals surface area contributed by atoms with E-state index in [-0.39, 0.29) is 11.4 Å². The second-order valence-electron chi connectivity index (χ2n) is 6.34. The Hall–Kier alpha value is -3.35. The fourth-order valence-corrected chi connectivity index (χ4v) is 3.08. The molecule has 4 aromatic rings. The summed E-state index contributed by atoms with van der Waals surface area (Å²) in [5.41, 5.74) is 1.84. The maximum Gasteiger partial charge on any atom is 0.412 e. The van der Waals surface area contributed by atoms with Crippen LogP contribution in [-0.4, -0.2) is 16.0 Å². The molecule has 28 heavy (non-hydrogen) atoms. The average Bonchev–Trinajstić information content (AvgIpc) is 3.10. The molecule has 1 N–H and O–H groups in total. The first kappa shape index (κ1) is 18.0. The number of nitrogens with zero attached hydrogens (tertiary/aromatic N) is 2. The molecule has 1 unspecified atom stereocenters. The minimum atomic E-state index is -4.45. The minimum absolute atomic E-state index is 0.136. The van der Waals surface area contributed by atoms with Crippen molar-refractivity contribution < 1.29 is 17.6 Å². The highest BCUT2D eigenvalue weighted by atomic mass is 19.4. The van der Waals surface area contributed by atoms with Crippen molar-refractivity contribution in [1.82, 2.24) is 9.78 Å². The molecule has 0 saturated carbocycles. The van der Waals surface area contributed by atoms with Gasteiger partial charge in [0.15, 0.2) is 0 Å². The van der Waals surface area contributed by atoms with Crippen LogP contribution in [0.4, 0.5) is 23.2 Å². The van der Waals surface area contributed by atoms with Crippen LogP contribution in [-0.2, 0) is 0 Å². The lowest BCUT2D eigenvalue weighted by Crippen LogP contribution is -2.27. The number of aromatic nitrogens is 2. The predicted octanol–water partition coefficient (Wildman–Crippen LogP) is 5.88. The van der Waals surface area contributed by atoms with Gasteiger partial charge in [0.2, 0.25) is 0 Å². The number of halogens is 4. The third-order valence-corrected chi connectivity index (χ3v) is 4.41. The van der Waals surface area contributed by atoms with Gasteiger partial charge in [0, 0.05) is 11.1 Å². The molecule has 1 atom stereocenters. The molecule has 0 spiro atoms. The van der Waals surface area contributed by atoms with Crippen molar-refractivity contribution in [2.75, 3.05) is 5.32 Å². The number of nitrogens with one attached hydrogen (secondary N) is 1. The van der Waals surface area contributed by atoms with Gasteiger partial charge in [-0.3, -0.25) is 0 Å². The second-order valence-corrected chi connectivity index (χ2v) is 6.34. The van der Waals surface area contributed by atoms with Gasteiger partial charge in [-0.25, -0.2) is 9.07 Å². The SMILES string of the molecule is Fc1ccc(-n2ncc3cc(NC(c4ccccc4)C(F)(F)F)ccc32)cc1. The van der Waals surface area contributed by atoms with Crippen molar-refractivity contribution in [2.24, 2.45) is 0 Å². The largest absolute Gasteiger partial charge is 0.412 e. The molecule has 0 amide bonds. The Kier molecular flexibility index (Phi) is 4.50. The molecular weight excluding hydrogens is 370 g/mol. The van der Waals surface area contributed by atoms with Crippen molar-refractivity contribution in [1.29, 1.82) is 0 Å². The molecule has 0 aliphatic rings. The van der Waals surface area contributed by atoms with Crippen LogP contribution in [0, 0.1) is 5.82 Å². The molecule has 7 heteroatoms. The third-order valence-electron chi connectivity index (χ3n) is 4.41. The Morgan fingerprint density at radius 3 is 2.29 bits per heavy atom. The van der Waals surface area contributed by atoms with Gasteiger partial charge in [-0.15, -0.1) is 0 Å². The van der Waals surface area contributed by atoms with E-state index in [4.69, 9.17) is 0 Å². The summed E-state index contributed by atoms with van der Waals surface area (Å²) in [5.74, 6) is -0.356. The fourth-order valence-electron chi connectivity index (χ4n) is 3.08. The molecule has 4 rings (SSSR count). The summed E-state index contributed by atoms with van der Waals surface area (Å²) in [5, 5.41) is 7.51. The van der Waals surface area contributed by atoms with Gasteiger partial charge in [-0.2, -0.15) is 18.3 Å². The standard InChI is InChI=1S/C21H15F4N3/c22-16-6-9-18(10-7-16)28-19-11-8-17(12-15(19)13-26-28)27-20(21(23,24)25)14-4-2-1-3-5-14/h1-13,20,27H. The van der Waals surface area contributed by atoms with Gasteiger partial charge < -0.3 is 5.32 Å². The number of benzene rings is 3. The first-order valence-electron chi connectivity index (χ1n) is 8.54. The molecule has 0 aliphatic heterocycles. The van der Waals surface area contributed by atoms with Crippen molar-refractivity contribution in [2.45, 2.75) is 12.2 Å². The number of rotatable bonds is 4. The molecule has 0 aliphatic carbocycles. The maximum absolute atomic E-state index is 13.6. The van der Waals surface area contributed by atoms with Crippen LogP contribution in [0.2, 0.25) is 0 Å². The number of fused-ring (bicyclic) bond motifs is 1. The third kappa shape index (κ3) is 3.55. The van der Waals surface area contributed by atoms with E-state index in [1.165, 1.54) is 24.3 Å². The second kappa shape index (κ2) is 6.99. The highest BCUT2D eigenvalue weighted by molar-refractivity contribution is 5.84. The highest BCUT2D eigenvalue weighted by Crippen LogP contribution is 2.36. The number of anilines is 1. The zero-order valence-corrected chi connectivity index (χ0v) is 14.5. The van der Waals surface area contributed by atoms with Crippen LogP contribution < -0.4 is 5.32 Å². The molecule has 0 fully saturated rings. The van der Waals surface area contributed by atoms with E-state index in [0.717, 1.165) is 0 Å². The fraction of sp³-hybridized carbons (Fsp3) is 0.0952. The Balaban J connectivity index is 1.67. The monoisotopic (exact) mass is 385 g/mol. The molecule has 3 aromatic carbocycles. The lowest BCUT2D eigenvalue weighted by Gasteiger charge is -2.23. The maximum atomic E-state index is 13.6. The van der Waals surface area contributed by atoms with Crippen LogP contribution in [0.1, 0.15) is 11.6 Å². The summed E-state index contributed by atoms with van der Waals surface area (Å²) in [6, 6.07) is 16.6. The van der Waals surface area contributed by atoms with Gasteiger partial charge in [-0.05, 0) is 48.0 Å². The van der Waals surface area contributed by atoms with E-state index in [2.05, 4.69) is 10.4 Å². The van der Waals surface area contributed by atoms with Crippen LogP contribution >= 0.6 is 0 Å². The predicted molar refractivity (Wildman–Crippen MR) is 99.9 cm³/mol. The van der Waals surface area contributed by atoms with E-state index in [0.29, 0.717) is 22.3 Å². The first-order valence-corrected chi connectivity index (χ1v) is 8.54. The van der Waals surface area contributed by atoms with Crippen LogP contribution in [0.25, 0.3) is 16.6 Å². The highest BCUT2D eigenvalue weighted by Gasteiger charge is 2.40. The molecule has 142 valence electrons. The van der Waals surface area contributed by atoms with E-state index < -0.39 is 12.2 Å². The summed E-state index contributed by atoms with van der Waals surface area (Å²) in [6.07, 6.45) is -2.89. The summed E-state index contributed by atoms with van der Waals surface area (Å²) < 4.78 is 55.4. The summed E-state index contributed by atoms with van der Waals surface area (Å²) in [4.78, 5) is 0. The minimum Gasteiger partial charge on any atom is -0.370 e. The molecule has 0 bridgehead atoms. The van der Waals surface area contributed by atoms with Crippen molar-refractivity contribution in [3.05, 3.63) is 90.4 Å². The molecule has 0 radical (unpaired) electrons. The molecule has 1 heterocycles. The van der Waals surface area contributed by atoms with Crippen molar-refractivity contribution in [3.8, 4) is 5.69 Å². The number of hydrogen-bond acceptors (Lipinski definition) is 2. The smallest absolute Gasteiger partial charge is 0.370 e. The topological polar surface area (TPSA) is 29.9 Å². The van der Waals surface area contributed by atoms with E-state index in [1.807, 2.05) is 0 Å². The Labute approximate surface area is 158 Å². The first-order chi connectivity index (χ1) is 13.4. The number of alkyl halides is 3. The molecule has 1 aromatic heterocycles. The van der Waals surface area contributed by atoms with E-state index >= 15 is 0 Å². The van der Waals surface area contributed by atoms with Crippen LogP contribution in [0.3, 0.4) is 0 Å². The Morgan fingerprint density at radius 1 is 0.893 bits per heavy atom. The van der Waals surface area contributed by atoms with Crippen LogP contribution in [0.5, 0.6) is 0 Å². The van der Waals surface area contributed by atoms with Crippen LogP contribution in [0.15, 0.2) is 79.0 Å². The van der Waals surface area contributed by atoms with Gasteiger partial charge >= 0.3 is 6.18 Å². The van der Waals surface area contributed by atoms with E-state index in [9.17, 15) is 17.6 Å². The van der Waals surface area contributed by atoms with Crippen molar-refractivity contribution >= 4 is 16.6 Å². The lowest BCUT2D eigenvalue weighted by atomic mass is 10.1. The zero-order valence-electron chi connectivity index (χ0n) is 14.5. The molecule has 3 nitrogen and oxygen atoms in total. The quantitative estimate of drug-likeness (QED) is 0.445. The van der Waals surface area contributed by atoms with Gasteiger partial charge in [-0.1, -0.05) is 30.3 Å². The Bertz CT molecular complexity index is 1090. The van der Waals surface area contributed by atoms with E-state index in [1.54, 1.807) is 59.4 Å². The van der Waals surface area contributed by atoms with Gasteiger partial charge in [0.05, 0.1) is 17.4 Å². The zero-order chi connectivity index (χ0) is 19.7. The van der Waals surface area contributed by atoms with Gasteiger partial charge in [0.25, 0.3) is 0 Å². The number of hydrogen-bond donors (Lipinski definition) is 1. The normalized spacial score (nSPS) is 12.9. The molecular formula is C21H15F4N3. The molecule has 0 saturated heterocycles. The van der Waals surface area contributed by atoms with Gasteiger partial charge in [0.1, 0.15) is 11.9 Å². The summed E-state index contributed by atoms with van der Waals surface area (Å²) in [7, 11) is 0. The van der Waals surface area contributed by atoms with Crippen molar-refractivity contribution in [3.63, 3.8) is 0 Å². The lowest BCUT2D eigenvalue weighted by molar-refractivity contribution is -0.144. The Morgan fingerprint density at radius 2 is 1.61 bits per heavy atom.